The van der Waals surface area contributed by atoms with Gasteiger partial charge in [0.25, 0.3) is 0 Å². The molecule has 3 unspecified atom stereocenters. The van der Waals surface area contributed by atoms with Gasteiger partial charge in [0.1, 0.15) is 11.9 Å². The number of hydrogen-bond donors (Lipinski definition) is 2. The molecule has 6 nitrogen and oxygen atoms in total. The number of hydrogen-bond acceptors (Lipinski definition) is 5. The van der Waals surface area contributed by atoms with E-state index in [1.807, 2.05) is 68.4 Å². The van der Waals surface area contributed by atoms with Crippen LogP contribution in [0.5, 0.6) is 0 Å². The van der Waals surface area contributed by atoms with E-state index in [2.05, 4.69) is 4.74 Å². The Bertz CT molecular complexity index is 1580. The summed E-state index contributed by atoms with van der Waals surface area (Å²) in [4.78, 5) is 27.6. The first-order chi connectivity index (χ1) is 19.7. The van der Waals surface area contributed by atoms with Gasteiger partial charge < -0.3 is 14.7 Å². The van der Waals surface area contributed by atoms with Gasteiger partial charge in [-0.2, -0.15) is 0 Å². The highest BCUT2D eigenvalue weighted by molar-refractivity contribution is 7.38. The number of nitrogens with zero attached hydrogens (tertiary/aromatic N) is 1. The minimum absolute atomic E-state index is 0.237. The van der Waals surface area contributed by atoms with Crippen molar-refractivity contribution in [2.75, 3.05) is 0 Å². The number of aliphatic hydroxyl groups is 1. The SMILES string of the molecule is C#COC(=O)CC(O)C(c1c(-c2ccc(F)cc2)cc(-c2ccccc2Cc2ccccc2)nc1C(C)C)[PH](=O)O. The molecule has 3 aromatic carbocycles. The van der Waals surface area contributed by atoms with Gasteiger partial charge in [0.15, 0.2) is 8.03 Å². The van der Waals surface area contributed by atoms with Crippen molar-refractivity contribution in [1.82, 2.24) is 4.98 Å². The van der Waals surface area contributed by atoms with Crippen LogP contribution in [-0.4, -0.2) is 27.1 Å². The van der Waals surface area contributed by atoms with E-state index in [0.717, 1.165) is 16.7 Å². The van der Waals surface area contributed by atoms with Crippen molar-refractivity contribution in [2.45, 2.75) is 44.4 Å². The molecule has 0 bridgehead atoms. The molecule has 4 rings (SSSR count). The summed E-state index contributed by atoms with van der Waals surface area (Å²) >= 11 is 0. The average molecular weight is 572 g/mol. The van der Waals surface area contributed by atoms with Crippen LogP contribution in [0.2, 0.25) is 0 Å². The van der Waals surface area contributed by atoms with E-state index in [0.29, 0.717) is 34.5 Å². The van der Waals surface area contributed by atoms with Gasteiger partial charge in [0.05, 0.1) is 23.9 Å². The number of ether oxygens (including phenoxy) is 1. The molecule has 0 fully saturated rings. The Kier molecular flexibility index (Phi) is 9.86. The van der Waals surface area contributed by atoms with Crippen molar-refractivity contribution in [3.05, 3.63) is 113 Å². The number of esters is 1. The van der Waals surface area contributed by atoms with E-state index in [-0.39, 0.29) is 5.92 Å². The number of pyridine rings is 1. The van der Waals surface area contributed by atoms with Gasteiger partial charge in [-0.05, 0) is 58.4 Å². The van der Waals surface area contributed by atoms with Crippen LogP contribution < -0.4 is 0 Å². The molecule has 1 heterocycles. The van der Waals surface area contributed by atoms with Crippen molar-refractivity contribution in [1.29, 1.82) is 0 Å². The lowest BCUT2D eigenvalue weighted by molar-refractivity contribution is -0.139. The van der Waals surface area contributed by atoms with Crippen LogP contribution in [0.4, 0.5) is 4.39 Å². The van der Waals surface area contributed by atoms with Gasteiger partial charge >= 0.3 is 5.97 Å². The van der Waals surface area contributed by atoms with E-state index >= 15 is 0 Å². The topological polar surface area (TPSA) is 96.7 Å². The number of carbonyl (C=O) groups excluding carboxylic acids is 1. The van der Waals surface area contributed by atoms with Gasteiger partial charge in [0.2, 0.25) is 0 Å². The van der Waals surface area contributed by atoms with Crippen LogP contribution in [0, 0.1) is 18.3 Å². The first-order valence-electron chi connectivity index (χ1n) is 13.2. The summed E-state index contributed by atoms with van der Waals surface area (Å²) in [7, 11) is -3.47. The van der Waals surface area contributed by atoms with E-state index in [4.69, 9.17) is 11.4 Å². The van der Waals surface area contributed by atoms with Crippen molar-refractivity contribution < 1.29 is 28.5 Å². The summed E-state index contributed by atoms with van der Waals surface area (Å²) in [5.41, 5.74) is 4.18. The number of benzene rings is 3. The molecule has 3 atom stereocenters. The Hall–Kier alpha value is -4.08. The first kappa shape index (κ1) is 29.9. The summed E-state index contributed by atoms with van der Waals surface area (Å²) < 4.78 is 31.3. The predicted molar refractivity (Wildman–Crippen MR) is 158 cm³/mol. The second kappa shape index (κ2) is 13.5. The maximum atomic E-state index is 13.9. The van der Waals surface area contributed by atoms with E-state index in [9.17, 15) is 23.7 Å². The molecule has 2 N–H and O–H groups in total. The summed E-state index contributed by atoms with van der Waals surface area (Å²) in [5, 5.41) is 11.1. The fourth-order valence-electron chi connectivity index (χ4n) is 4.96. The second-order valence-corrected chi connectivity index (χ2v) is 11.3. The normalized spacial score (nSPS) is 13.3. The largest absolute Gasteiger partial charge is 0.391 e. The quantitative estimate of drug-likeness (QED) is 0.126. The number of aliphatic hydroxyl groups excluding tert-OH is 1. The molecular formula is C33H31FNO5P. The Morgan fingerprint density at radius 3 is 2.32 bits per heavy atom. The first-order valence-corrected chi connectivity index (χ1v) is 14.6. The maximum Gasteiger partial charge on any atom is 0.322 e. The Morgan fingerprint density at radius 2 is 1.68 bits per heavy atom. The third-order valence-corrected chi connectivity index (χ3v) is 8.04. The minimum Gasteiger partial charge on any atom is -0.391 e. The lowest BCUT2D eigenvalue weighted by atomic mass is 9.87. The zero-order valence-corrected chi connectivity index (χ0v) is 23.8. The van der Waals surface area contributed by atoms with Crippen molar-refractivity contribution >= 4 is 14.0 Å². The molecular weight excluding hydrogens is 540 g/mol. The molecule has 0 aliphatic heterocycles. The van der Waals surface area contributed by atoms with Crippen molar-refractivity contribution in [3.63, 3.8) is 0 Å². The number of halogens is 1. The smallest absolute Gasteiger partial charge is 0.322 e. The Morgan fingerprint density at radius 1 is 1.02 bits per heavy atom. The highest BCUT2D eigenvalue weighted by Crippen LogP contribution is 2.48. The lowest BCUT2D eigenvalue weighted by Gasteiger charge is -2.27. The maximum absolute atomic E-state index is 13.9. The number of rotatable bonds is 10. The van der Waals surface area contributed by atoms with Gasteiger partial charge in [-0.15, -0.1) is 0 Å². The van der Waals surface area contributed by atoms with Gasteiger partial charge in [-0.25, -0.2) is 4.39 Å². The molecule has 0 saturated carbocycles. The highest BCUT2D eigenvalue weighted by atomic mass is 31.1. The van der Waals surface area contributed by atoms with Crippen LogP contribution in [-0.2, 0) is 20.5 Å². The molecule has 4 aromatic rings. The monoisotopic (exact) mass is 571 g/mol. The van der Waals surface area contributed by atoms with E-state index in [1.54, 1.807) is 24.3 Å². The summed E-state index contributed by atoms with van der Waals surface area (Å²) in [6.45, 7) is 3.79. The van der Waals surface area contributed by atoms with Crippen LogP contribution >= 0.6 is 8.03 Å². The van der Waals surface area contributed by atoms with Gasteiger partial charge in [0, 0.05) is 11.3 Å². The van der Waals surface area contributed by atoms with Gasteiger partial charge in [-0.3, -0.25) is 14.3 Å². The Labute approximate surface area is 239 Å². The Balaban J connectivity index is 1.96. The van der Waals surface area contributed by atoms with Crippen LogP contribution in [0.1, 0.15) is 54.2 Å². The van der Waals surface area contributed by atoms with Crippen LogP contribution in [0.3, 0.4) is 0 Å². The highest BCUT2D eigenvalue weighted by Gasteiger charge is 2.34. The molecule has 0 spiro atoms. The van der Waals surface area contributed by atoms with Gasteiger partial charge in [-0.1, -0.05) is 87.0 Å². The second-order valence-electron chi connectivity index (χ2n) is 10.0. The van der Waals surface area contributed by atoms with E-state index in [1.165, 1.54) is 12.1 Å². The number of carbonyl (C=O) groups is 1. The standard InChI is InChI=1S/C33H31FNO5P/c1-4-40-30(37)20-29(36)33(41(38)39)31-27(23-14-16-25(34)17-15-23)19-28(35-32(31)21(2)3)26-13-9-8-12-24(26)18-22-10-6-5-7-11-22/h1,5-17,19,21,29,33,36,41H,18,20H2,2-3H3,(H,38,39). The molecule has 8 heteroatoms. The predicted octanol–water partition coefficient (Wildman–Crippen LogP) is 6.66. The number of terminal acetylenes is 1. The third kappa shape index (κ3) is 7.17. The summed E-state index contributed by atoms with van der Waals surface area (Å²) in [5.74, 6) is -1.58. The summed E-state index contributed by atoms with van der Waals surface area (Å²) in [6, 6.07) is 25.4. The summed E-state index contributed by atoms with van der Waals surface area (Å²) in [6.07, 6.45) is 5.29. The zero-order valence-electron chi connectivity index (χ0n) is 22.8. The fourth-order valence-corrected chi connectivity index (χ4v) is 5.96. The lowest BCUT2D eigenvalue weighted by Crippen LogP contribution is -2.23. The van der Waals surface area contributed by atoms with E-state index < -0.39 is 38.0 Å². The molecule has 210 valence electrons. The minimum atomic E-state index is -3.47. The third-order valence-electron chi connectivity index (χ3n) is 6.83. The zero-order chi connectivity index (χ0) is 29.5. The molecule has 0 saturated heterocycles. The molecule has 0 aliphatic carbocycles. The van der Waals surface area contributed by atoms with Crippen molar-refractivity contribution in [3.8, 4) is 34.9 Å². The van der Waals surface area contributed by atoms with Crippen LogP contribution in [0.25, 0.3) is 22.4 Å². The average Bonchev–Trinajstić information content (AvgIpc) is 2.94. The number of aromatic nitrogens is 1. The van der Waals surface area contributed by atoms with Crippen molar-refractivity contribution in [2.24, 2.45) is 0 Å². The molecule has 0 amide bonds. The molecule has 41 heavy (non-hydrogen) atoms. The molecule has 0 aliphatic rings. The fraction of sp³-hybridized carbons (Fsp3) is 0.212. The molecule has 0 radical (unpaired) electrons. The molecule has 1 aromatic heterocycles. The van der Waals surface area contributed by atoms with Crippen LogP contribution in [0.15, 0.2) is 84.9 Å².